The first-order valence-corrected chi connectivity index (χ1v) is 46.3. The zero-order valence-corrected chi connectivity index (χ0v) is 85.2. The molecule has 14 N–H and O–H groups in total. The largest absolute Gasteiger partial charge is 0.496 e. The SMILES string of the molecule is COC(=O)c1c(N)ccc(Br)c1Cl.COC(=O)c1c(NCCNC(=O)OC(C)(C)C)ccc(Br)c1Cl.COc1cc(C)[nH]c(=O)c1CN1CCn2cnc3cc(-c4c(C)noc4C)c(Cl)c(c32)C1=O.Nc1cc(Br)c(Cl)c2c1NCCNC2=O.O=C1NCCNc2c([N+](=O)[O-])cc(Br)c(Cl)c21.O=C1NCCNc2ccc(Br)c(Cl)c21.O=C1NCCn2cnc3cc(Br)c(Cl)c1c32. The standard InChI is InChI=1S/C23H22ClN5O4.C15H20BrClN2O4.C10H7BrClN3O.C9H7BrClN3O3.C9H9BrClN3O.C9H8BrClN2O.C8H7BrClNO2/c1-11-7-17(32-4)15(22(30)26-11)9-28-5-6-29-10-25-16-8-14(18-12(2)27-33-13(18)3)20(24)19(21(16)29)23(28)31;1-15(2,3)23-14(21)19-8-7-18-10-6-5-9(16)12(17)11(10)13(20)22-4;11-5-3-6-9-7(8(5)12)10(16)13-1-2-15(9)4-14-6;10-4-3-5(14(16)17)8-6(7(4)11)9(15)13-2-1-12-8;10-4-3-5(12)8-6(7(4)11)9(15)14-2-1-13-8;10-5-1-2-6-7(8(5)11)9(14)13-4-3-12-6;1-13-8(12)6-5(11)3-2-4(9)7(6)10/h7-8,10H,5-6,9H2,1-4H3,(H,26,30);5-6,18H,7-8H2,1-4H3,(H,19,21);3-4H,1-2H2,(H,13,16);3,12H,1-2H2,(H,13,15);3,13H,1-2,12H2,(H,14,15);1-2,12H,3-4H2,(H,13,14);2-3H,11H2,1H3. The molecule has 0 atom stereocenters. The Bertz CT molecular complexity index is 6400. The van der Waals surface area contributed by atoms with E-state index in [1.54, 1.807) is 88.6 Å². The van der Waals surface area contributed by atoms with Gasteiger partial charge in [0.1, 0.15) is 33.9 Å². The second-order valence-electron chi connectivity index (χ2n) is 29.3. The summed E-state index contributed by atoms with van der Waals surface area (Å²) < 4.78 is 32.6. The van der Waals surface area contributed by atoms with Crippen LogP contribution in [-0.4, -0.2) is 179 Å². The Morgan fingerprint density at radius 1 is 0.550 bits per heavy atom. The van der Waals surface area contributed by atoms with Crippen LogP contribution in [-0.2, 0) is 33.8 Å². The number of aromatic nitrogens is 6. The van der Waals surface area contributed by atoms with E-state index < -0.39 is 34.5 Å². The number of fused-ring (bicyclic) bond motifs is 3. The Hall–Kier alpha value is -9.89. The second kappa shape index (κ2) is 45.7. The van der Waals surface area contributed by atoms with Crippen LogP contribution < -0.4 is 69.6 Å². The first-order chi connectivity index (χ1) is 62.0. The van der Waals surface area contributed by atoms with Crippen molar-refractivity contribution in [3.05, 3.63) is 224 Å². The Morgan fingerprint density at radius 2 is 1.05 bits per heavy atom. The first-order valence-electron chi connectivity index (χ1n) is 38.9. The molecule has 7 aromatic carbocycles. The molecule has 48 heteroatoms. The number of benzene rings is 7. The highest BCUT2D eigenvalue weighted by Gasteiger charge is 2.34. The van der Waals surface area contributed by atoms with Crippen LogP contribution in [0.2, 0.25) is 35.2 Å². The lowest BCUT2D eigenvalue weighted by atomic mass is 9.99. The number of halogens is 13. The molecule has 0 spiro atoms. The van der Waals surface area contributed by atoms with Crippen LogP contribution in [0.5, 0.6) is 5.75 Å². The number of ether oxygens (including phenoxy) is 4. The van der Waals surface area contributed by atoms with Gasteiger partial charge in [-0.1, -0.05) is 86.4 Å². The van der Waals surface area contributed by atoms with Gasteiger partial charge in [0, 0.05) is 140 Å². The number of nitro benzene ring substituents is 1. The molecule has 5 aliphatic heterocycles. The molecule has 0 saturated carbocycles. The third kappa shape index (κ3) is 24.4. The monoisotopic (exact) mass is 2320 g/mol. The molecular formula is C83H80Br6Cl7N19O16. The highest BCUT2D eigenvalue weighted by Crippen LogP contribution is 2.44. The number of methoxy groups -OCH3 is 3. The number of nitrogens with zero attached hydrogens (tertiary/aromatic N) is 7. The average molecular weight is 2330 g/mol. The quantitative estimate of drug-likeness (QED) is 0.0143. The number of rotatable bonds is 11. The van der Waals surface area contributed by atoms with Crippen molar-refractivity contribution in [1.82, 2.24) is 60.7 Å². The molecule has 6 amide bonds. The van der Waals surface area contributed by atoms with Gasteiger partial charge in [0.2, 0.25) is 0 Å². The van der Waals surface area contributed by atoms with Gasteiger partial charge in [-0.05, 0) is 198 Å². The highest BCUT2D eigenvalue weighted by atomic mass is 79.9. The summed E-state index contributed by atoms with van der Waals surface area (Å²) in [6.07, 6.45) is 2.94. The minimum absolute atomic E-state index is 0.0866. The van der Waals surface area contributed by atoms with Crippen molar-refractivity contribution in [2.75, 3.05) is 120 Å². The van der Waals surface area contributed by atoms with Crippen molar-refractivity contribution in [2.24, 2.45) is 0 Å². The molecule has 694 valence electrons. The van der Waals surface area contributed by atoms with Gasteiger partial charge in [0.25, 0.3) is 40.8 Å². The number of nitro groups is 1. The number of esters is 2. The average Bonchev–Trinajstić information content (AvgIpc) is 1.60. The number of amides is 6. The van der Waals surface area contributed by atoms with Gasteiger partial charge in [0.05, 0.1) is 159 Å². The Balaban J connectivity index is 0.000000163. The molecule has 0 aliphatic carbocycles. The Morgan fingerprint density at radius 3 is 1.66 bits per heavy atom. The third-order valence-corrected chi connectivity index (χ3v) is 27.4. The van der Waals surface area contributed by atoms with Crippen LogP contribution in [0.3, 0.4) is 0 Å². The molecule has 4 aromatic heterocycles. The second-order valence-corrected chi connectivity index (χ2v) is 37.0. The lowest BCUT2D eigenvalue weighted by molar-refractivity contribution is -0.384. The molecule has 0 saturated heterocycles. The summed E-state index contributed by atoms with van der Waals surface area (Å²) >= 11 is 62.5. The number of hydrogen-bond acceptors (Lipinski definition) is 25. The van der Waals surface area contributed by atoms with Crippen LogP contribution >= 0.6 is 177 Å². The Labute approximate surface area is 832 Å². The van der Waals surface area contributed by atoms with Crippen molar-refractivity contribution in [2.45, 2.75) is 66.8 Å². The normalized spacial score (nSPS) is 13.3. The van der Waals surface area contributed by atoms with Crippen molar-refractivity contribution in [3.63, 3.8) is 0 Å². The summed E-state index contributed by atoms with van der Waals surface area (Å²) in [5.41, 5.74) is 21.6. The number of alkyl carbamates (subject to hydrolysis) is 1. The summed E-state index contributed by atoms with van der Waals surface area (Å²) in [7, 11) is 4.07. The number of H-pyrrole nitrogens is 1. The van der Waals surface area contributed by atoms with E-state index in [1.807, 2.05) is 40.3 Å². The van der Waals surface area contributed by atoms with Crippen molar-refractivity contribution in [1.29, 1.82) is 0 Å². The number of imidazole rings is 2. The van der Waals surface area contributed by atoms with Crippen molar-refractivity contribution in [3.8, 4) is 16.9 Å². The van der Waals surface area contributed by atoms with Crippen LogP contribution in [0, 0.1) is 30.9 Å². The van der Waals surface area contributed by atoms with Gasteiger partial charge in [-0.2, -0.15) is 0 Å². The van der Waals surface area contributed by atoms with Crippen molar-refractivity contribution < 1.29 is 66.8 Å². The number of carbonyl (C=O) groups is 8. The molecule has 0 unspecified atom stereocenters. The van der Waals surface area contributed by atoms with E-state index >= 15 is 0 Å². The van der Waals surface area contributed by atoms with Gasteiger partial charge < -0.3 is 102 Å². The number of pyridine rings is 1. The molecule has 0 fully saturated rings. The fraction of sp³-hybridized carbons (Fsp3) is 0.277. The van der Waals surface area contributed by atoms with E-state index in [-0.39, 0.29) is 78.9 Å². The molecule has 9 heterocycles. The van der Waals surface area contributed by atoms with E-state index in [1.165, 1.54) is 27.4 Å². The van der Waals surface area contributed by atoms with E-state index in [0.29, 0.717) is 205 Å². The summed E-state index contributed by atoms with van der Waals surface area (Å²) in [6, 6.07) is 18.8. The molecule has 0 radical (unpaired) electrons. The fourth-order valence-corrected chi connectivity index (χ4v) is 17.5. The number of nitrogen functional groups attached to an aromatic ring is 2. The molecule has 35 nitrogen and oxygen atoms in total. The third-order valence-electron chi connectivity index (χ3n) is 19.4. The highest BCUT2D eigenvalue weighted by molar-refractivity contribution is 9.11. The van der Waals surface area contributed by atoms with Crippen LogP contribution in [0.25, 0.3) is 33.2 Å². The minimum atomic E-state index is -0.550. The zero-order chi connectivity index (χ0) is 96.1. The predicted octanol–water partition coefficient (Wildman–Crippen LogP) is 18.4. The lowest BCUT2D eigenvalue weighted by Gasteiger charge is -2.22. The smallest absolute Gasteiger partial charge is 0.407 e. The number of hydrogen-bond donors (Lipinski definition) is 12. The number of carbonyl (C=O) groups excluding carboxylic acids is 8. The summed E-state index contributed by atoms with van der Waals surface area (Å²) in [5.74, 6) is -1.20. The number of aromatic amines is 1. The van der Waals surface area contributed by atoms with E-state index in [0.717, 1.165) is 33.3 Å². The molecule has 11 aromatic rings. The Kier molecular flexibility index (Phi) is 36.0. The number of nitrogens with one attached hydrogen (secondary N) is 10. The summed E-state index contributed by atoms with van der Waals surface area (Å²) in [5, 5.41) is 42.9. The molecule has 0 bridgehead atoms. The molecule has 131 heavy (non-hydrogen) atoms. The first kappa shape index (κ1) is 103. The maximum atomic E-state index is 13.8. The predicted molar refractivity (Wildman–Crippen MR) is 527 cm³/mol. The minimum Gasteiger partial charge on any atom is -0.496 e. The van der Waals surface area contributed by atoms with E-state index in [2.05, 4.69) is 168 Å². The molecular weight excluding hydrogens is 2250 g/mol. The van der Waals surface area contributed by atoms with Crippen LogP contribution in [0.1, 0.15) is 116 Å². The van der Waals surface area contributed by atoms with Gasteiger partial charge in [0.15, 0.2) is 0 Å². The van der Waals surface area contributed by atoms with E-state index in [4.69, 9.17) is 111 Å². The number of aryl methyl sites for hydroxylation is 3. The van der Waals surface area contributed by atoms with Gasteiger partial charge in [-0.15, -0.1) is 0 Å². The molecule has 5 aliphatic rings. The maximum absolute atomic E-state index is 13.8. The van der Waals surface area contributed by atoms with Gasteiger partial charge in [-0.3, -0.25) is 38.9 Å². The van der Waals surface area contributed by atoms with Crippen LogP contribution in [0.15, 0.2) is 116 Å². The van der Waals surface area contributed by atoms with E-state index in [9.17, 15) is 53.3 Å². The number of anilines is 6. The van der Waals surface area contributed by atoms with Gasteiger partial charge >= 0.3 is 18.0 Å². The summed E-state index contributed by atoms with van der Waals surface area (Å²) in [6.45, 7) is 17.1. The zero-order valence-electron chi connectivity index (χ0n) is 70.4. The maximum Gasteiger partial charge on any atom is 0.407 e. The topological polar surface area (TPSA) is 475 Å². The summed E-state index contributed by atoms with van der Waals surface area (Å²) in [4.78, 5) is 132. The van der Waals surface area contributed by atoms with Crippen LogP contribution in [0.4, 0.5) is 44.6 Å². The number of nitrogens with two attached hydrogens (primary N) is 2. The van der Waals surface area contributed by atoms with Crippen molar-refractivity contribution >= 4 is 286 Å². The fourth-order valence-electron chi connectivity index (χ4n) is 13.4. The van der Waals surface area contributed by atoms with Gasteiger partial charge in [-0.25, -0.2) is 24.4 Å². The lowest BCUT2D eigenvalue weighted by Crippen LogP contribution is -2.35. The molecule has 16 rings (SSSR count).